The van der Waals surface area contributed by atoms with Crippen LogP contribution in [0.5, 0.6) is 5.75 Å². The van der Waals surface area contributed by atoms with Crippen LogP contribution in [-0.4, -0.2) is 24.6 Å². The molecule has 0 heterocycles. The first-order valence-electron chi connectivity index (χ1n) is 9.30. The van der Waals surface area contributed by atoms with Crippen LogP contribution in [0, 0.1) is 6.92 Å². The van der Waals surface area contributed by atoms with Crippen LogP contribution in [-0.2, 0) is 4.79 Å². The van der Waals surface area contributed by atoms with Gasteiger partial charge in [0, 0.05) is 21.3 Å². The Morgan fingerprint density at radius 3 is 2.48 bits per heavy atom. The van der Waals surface area contributed by atoms with E-state index < -0.39 is 0 Å². The van der Waals surface area contributed by atoms with E-state index in [-0.39, 0.29) is 18.4 Å². The number of benzene rings is 3. The van der Waals surface area contributed by atoms with Crippen molar-refractivity contribution in [2.75, 3.05) is 11.9 Å². The molecule has 0 aliphatic heterocycles. The van der Waals surface area contributed by atoms with Crippen molar-refractivity contribution in [1.29, 1.82) is 0 Å². The van der Waals surface area contributed by atoms with Gasteiger partial charge in [-0.15, -0.1) is 0 Å². The van der Waals surface area contributed by atoms with Crippen molar-refractivity contribution < 1.29 is 14.3 Å². The lowest BCUT2D eigenvalue weighted by atomic mass is 10.2. The van der Waals surface area contributed by atoms with Crippen molar-refractivity contribution in [3.8, 4) is 5.75 Å². The van der Waals surface area contributed by atoms with Gasteiger partial charge < -0.3 is 10.1 Å². The van der Waals surface area contributed by atoms with Crippen molar-refractivity contribution in [2.45, 2.75) is 6.92 Å². The predicted octanol–water partition coefficient (Wildman–Crippen LogP) is 5.30. The monoisotopic (exact) mass is 543 g/mol. The van der Waals surface area contributed by atoms with Crippen molar-refractivity contribution in [1.82, 2.24) is 5.43 Å². The van der Waals surface area contributed by atoms with Gasteiger partial charge in [-0.1, -0.05) is 52.3 Å². The molecule has 0 fully saturated rings. The third-order valence-corrected chi connectivity index (χ3v) is 5.26. The van der Waals surface area contributed by atoms with Crippen molar-refractivity contribution in [3.05, 3.63) is 92.4 Å². The third-order valence-electron chi connectivity index (χ3n) is 4.21. The Bertz CT molecular complexity index is 1120. The summed E-state index contributed by atoms with van der Waals surface area (Å²) in [5.41, 5.74) is 5.26. The van der Waals surface area contributed by atoms with Crippen LogP contribution in [0.4, 0.5) is 5.69 Å². The number of carbonyl (C=O) groups is 2. The van der Waals surface area contributed by atoms with Crippen molar-refractivity contribution in [3.63, 3.8) is 0 Å². The number of hydrogen-bond acceptors (Lipinski definition) is 4. The highest BCUT2D eigenvalue weighted by Crippen LogP contribution is 2.32. The molecule has 31 heavy (non-hydrogen) atoms. The summed E-state index contributed by atoms with van der Waals surface area (Å²) < 4.78 is 7.18. The molecule has 8 heteroatoms. The Morgan fingerprint density at radius 2 is 1.74 bits per heavy atom. The molecule has 0 unspecified atom stereocenters. The Kier molecular flexibility index (Phi) is 7.97. The predicted molar refractivity (Wildman–Crippen MR) is 129 cm³/mol. The first-order chi connectivity index (χ1) is 14.9. The molecule has 3 rings (SSSR count). The number of para-hydroxylation sites is 1. The third kappa shape index (κ3) is 6.50. The van der Waals surface area contributed by atoms with Gasteiger partial charge in [0.2, 0.25) is 0 Å². The number of amides is 2. The molecule has 0 saturated heterocycles. The zero-order chi connectivity index (χ0) is 22.2. The van der Waals surface area contributed by atoms with E-state index in [1.165, 1.54) is 6.21 Å². The SMILES string of the molecule is Cc1ccccc1NC(=O)COc1c(Br)cc(Br)cc1/C=N/NC(=O)c1ccccc1. The fourth-order valence-corrected chi connectivity index (χ4v) is 4.05. The van der Waals surface area contributed by atoms with E-state index in [9.17, 15) is 9.59 Å². The van der Waals surface area contributed by atoms with Crippen LogP contribution in [0.15, 0.2) is 80.8 Å². The molecule has 3 aromatic rings. The van der Waals surface area contributed by atoms with Gasteiger partial charge in [0.25, 0.3) is 11.8 Å². The van der Waals surface area contributed by atoms with Crippen molar-refractivity contribution in [2.24, 2.45) is 5.10 Å². The molecule has 0 aliphatic carbocycles. The Morgan fingerprint density at radius 1 is 1.03 bits per heavy atom. The van der Waals surface area contributed by atoms with Gasteiger partial charge in [-0.05, 0) is 58.7 Å². The molecule has 0 aliphatic rings. The van der Waals surface area contributed by atoms with Gasteiger partial charge in [0.05, 0.1) is 10.7 Å². The molecule has 0 saturated carbocycles. The van der Waals surface area contributed by atoms with E-state index in [2.05, 4.69) is 47.7 Å². The lowest BCUT2D eigenvalue weighted by molar-refractivity contribution is -0.118. The number of ether oxygens (including phenoxy) is 1. The number of halogens is 2. The molecule has 0 aromatic heterocycles. The zero-order valence-corrected chi connectivity index (χ0v) is 19.7. The number of anilines is 1. The highest BCUT2D eigenvalue weighted by molar-refractivity contribution is 9.11. The zero-order valence-electron chi connectivity index (χ0n) is 16.6. The molecule has 0 spiro atoms. The molecule has 0 atom stereocenters. The lowest BCUT2D eigenvalue weighted by Gasteiger charge is -2.13. The minimum atomic E-state index is -0.328. The van der Waals surface area contributed by atoms with Crippen LogP contribution in [0.3, 0.4) is 0 Å². The average molecular weight is 545 g/mol. The molecular weight excluding hydrogens is 526 g/mol. The molecule has 3 aromatic carbocycles. The van der Waals surface area contributed by atoms with E-state index in [4.69, 9.17) is 4.74 Å². The van der Waals surface area contributed by atoms with Crippen LogP contribution in [0.1, 0.15) is 21.5 Å². The van der Waals surface area contributed by atoms with Crippen LogP contribution < -0.4 is 15.5 Å². The summed E-state index contributed by atoms with van der Waals surface area (Å²) >= 11 is 6.87. The maximum Gasteiger partial charge on any atom is 0.271 e. The van der Waals surface area contributed by atoms with E-state index in [0.717, 1.165) is 15.7 Å². The second-order valence-electron chi connectivity index (χ2n) is 6.52. The topological polar surface area (TPSA) is 79.8 Å². The summed E-state index contributed by atoms with van der Waals surface area (Å²) in [7, 11) is 0. The molecule has 2 N–H and O–H groups in total. The number of carbonyl (C=O) groups excluding carboxylic acids is 2. The molecular formula is C23H19Br2N3O3. The quantitative estimate of drug-likeness (QED) is 0.313. The summed E-state index contributed by atoms with van der Waals surface area (Å²) in [6, 6.07) is 19.9. The minimum absolute atomic E-state index is 0.189. The van der Waals surface area contributed by atoms with E-state index in [1.807, 2.05) is 37.3 Å². The molecule has 0 bridgehead atoms. The van der Waals surface area contributed by atoms with Crippen molar-refractivity contribution >= 4 is 55.6 Å². The van der Waals surface area contributed by atoms with Gasteiger partial charge in [-0.3, -0.25) is 9.59 Å². The number of aryl methyl sites for hydroxylation is 1. The average Bonchev–Trinajstić information content (AvgIpc) is 2.75. The van der Waals surface area contributed by atoms with E-state index >= 15 is 0 Å². The maximum atomic E-state index is 12.3. The largest absolute Gasteiger partial charge is 0.482 e. The molecule has 2 amide bonds. The highest BCUT2D eigenvalue weighted by atomic mass is 79.9. The number of nitrogens with zero attached hydrogens (tertiary/aromatic N) is 1. The van der Waals surface area contributed by atoms with Crippen LogP contribution in [0.2, 0.25) is 0 Å². The second kappa shape index (κ2) is 10.9. The number of hydrazone groups is 1. The highest BCUT2D eigenvalue weighted by Gasteiger charge is 2.12. The summed E-state index contributed by atoms with van der Waals surface area (Å²) in [6.45, 7) is 1.73. The Hall–Kier alpha value is -2.97. The standard InChI is InChI=1S/C23H19Br2N3O3/c1-15-7-5-6-10-20(15)27-21(29)14-31-22-17(11-18(24)12-19(22)25)13-26-28-23(30)16-8-3-2-4-9-16/h2-13H,14H2,1H3,(H,27,29)(H,28,30)/b26-13+. The second-order valence-corrected chi connectivity index (χ2v) is 8.29. The Balaban J connectivity index is 1.68. The smallest absolute Gasteiger partial charge is 0.271 e. The maximum absolute atomic E-state index is 12.3. The van der Waals surface area contributed by atoms with Gasteiger partial charge in [-0.2, -0.15) is 5.10 Å². The number of rotatable bonds is 7. The normalized spacial score (nSPS) is 10.7. The van der Waals surface area contributed by atoms with Gasteiger partial charge in [0.15, 0.2) is 6.61 Å². The fourth-order valence-electron chi connectivity index (χ4n) is 2.68. The van der Waals surface area contributed by atoms with Gasteiger partial charge in [0.1, 0.15) is 5.75 Å². The number of nitrogens with one attached hydrogen (secondary N) is 2. The first kappa shape index (κ1) is 22.7. The van der Waals surface area contributed by atoms with Gasteiger partial charge >= 0.3 is 0 Å². The summed E-state index contributed by atoms with van der Waals surface area (Å²) in [4.78, 5) is 24.5. The number of hydrogen-bond donors (Lipinski definition) is 2. The fraction of sp³-hybridized carbons (Fsp3) is 0.0870. The lowest BCUT2D eigenvalue weighted by Crippen LogP contribution is -2.21. The summed E-state index contributed by atoms with van der Waals surface area (Å²) in [5, 5.41) is 6.85. The van der Waals surface area contributed by atoms with E-state index in [1.54, 1.807) is 36.4 Å². The minimum Gasteiger partial charge on any atom is -0.482 e. The first-order valence-corrected chi connectivity index (χ1v) is 10.9. The van der Waals surface area contributed by atoms with Crippen LogP contribution >= 0.6 is 31.9 Å². The summed E-state index contributed by atoms with van der Waals surface area (Å²) in [6.07, 6.45) is 1.46. The molecule has 0 radical (unpaired) electrons. The Labute approximate surface area is 197 Å². The molecule has 6 nitrogen and oxygen atoms in total. The van der Waals surface area contributed by atoms with Crippen LogP contribution in [0.25, 0.3) is 0 Å². The molecule has 158 valence electrons. The van der Waals surface area contributed by atoms with E-state index in [0.29, 0.717) is 21.3 Å². The summed E-state index contributed by atoms with van der Waals surface area (Å²) in [5.74, 6) is -0.184. The van der Waals surface area contributed by atoms with Gasteiger partial charge in [-0.25, -0.2) is 5.43 Å².